The number of rotatable bonds is 2. The fourth-order valence-electron chi connectivity index (χ4n) is 2.78. The number of hydrogen-bond donors (Lipinski definition) is 0. The number of carbonyl (C=O) groups excluding carboxylic acids is 2. The van der Waals surface area contributed by atoms with Crippen molar-refractivity contribution in [1.29, 1.82) is 0 Å². The van der Waals surface area contributed by atoms with Crippen LogP contribution in [0, 0.1) is 0 Å². The highest BCUT2D eigenvalue weighted by Gasteiger charge is 2.27. The van der Waals surface area contributed by atoms with Crippen LogP contribution in [0.25, 0.3) is 0 Å². The summed E-state index contributed by atoms with van der Waals surface area (Å²) in [5.74, 6) is -0.0422. The Hall–Kier alpha value is -1.75. The standard InChI is InChI=1S/C15H17ClN2O3/c16-13-4-1-3-11-9-17(7-5-12(11)13)14(19)10-18-6-2-8-21-15(18)20/h1,3-4H,2,5-10H2. The van der Waals surface area contributed by atoms with Crippen molar-refractivity contribution < 1.29 is 14.3 Å². The minimum Gasteiger partial charge on any atom is -0.449 e. The topological polar surface area (TPSA) is 49.9 Å². The van der Waals surface area contributed by atoms with Crippen molar-refractivity contribution in [3.8, 4) is 0 Å². The van der Waals surface area contributed by atoms with E-state index in [2.05, 4.69) is 0 Å². The van der Waals surface area contributed by atoms with Gasteiger partial charge in [-0.1, -0.05) is 23.7 Å². The molecule has 2 amide bonds. The average molecular weight is 309 g/mol. The van der Waals surface area contributed by atoms with Gasteiger partial charge in [0, 0.05) is 24.7 Å². The summed E-state index contributed by atoms with van der Waals surface area (Å²) >= 11 is 6.17. The number of hydrogen-bond acceptors (Lipinski definition) is 3. The first-order chi connectivity index (χ1) is 10.1. The summed E-state index contributed by atoms with van der Waals surface area (Å²) in [6.07, 6.45) is 1.14. The molecule has 1 fully saturated rings. The third-order valence-corrected chi connectivity index (χ3v) is 4.30. The minimum absolute atomic E-state index is 0.0422. The molecule has 0 aromatic heterocycles. The molecule has 2 aliphatic heterocycles. The summed E-state index contributed by atoms with van der Waals surface area (Å²) in [5, 5.41) is 0.763. The summed E-state index contributed by atoms with van der Waals surface area (Å²) < 4.78 is 4.95. The third-order valence-electron chi connectivity index (χ3n) is 3.94. The minimum atomic E-state index is -0.393. The molecule has 0 spiro atoms. The predicted molar refractivity (Wildman–Crippen MR) is 78.1 cm³/mol. The lowest BCUT2D eigenvalue weighted by atomic mass is 10.00. The maximum absolute atomic E-state index is 12.4. The van der Waals surface area contributed by atoms with Crippen molar-refractivity contribution in [3.05, 3.63) is 34.3 Å². The molecule has 21 heavy (non-hydrogen) atoms. The van der Waals surface area contributed by atoms with Crippen LogP contribution in [0.3, 0.4) is 0 Å². The van der Waals surface area contributed by atoms with Gasteiger partial charge in [-0.2, -0.15) is 0 Å². The fourth-order valence-corrected chi connectivity index (χ4v) is 3.07. The zero-order valence-corrected chi connectivity index (χ0v) is 12.4. The zero-order chi connectivity index (χ0) is 14.8. The van der Waals surface area contributed by atoms with Crippen LogP contribution in [0.5, 0.6) is 0 Å². The van der Waals surface area contributed by atoms with E-state index in [1.54, 1.807) is 4.90 Å². The number of benzene rings is 1. The van der Waals surface area contributed by atoms with Crippen molar-refractivity contribution >= 4 is 23.6 Å². The lowest BCUT2D eigenvalue weighted by molar-refractivity contribution is -0.133. The Morgan fingerprint density at radius 2 is 2.19 bits per heavy atom. The molecule has 0 saturated carbocycles. The molecule has 0 N–H and O–H groups in total. The molecular formula is C15H17ClN2O3. The van der Waals surface area contributed by atoms with Crippen LogP contribution in [0.1, 0.15) is 17.5 Å². The van der Waals surface area contributed by atoms with Gasteiger partial charge in [-0.3, -0.25) is 9.69 Å². The second-order valence-electron chi connectivity index (χ2n) is 5.33. The molecule has 0 aliphatic carbocycles. The van der Waals surface area contributed by atoms with Gasteiger partial charge < -0.3 is 9.64 Å². The lowest BCUT2D eigenvalue weighted by Gasteiger charge is -2.32. The van der Waals surface area contributed by atoms with Crippen molar-refractivity contribution in [2.75, 3.05) is 26.2 Å². The number of amides is 2. The summed E-state index contributed by atoms with van der Waals surface area (Å²) in [5.41, 5.74) is 2.21. The maximum Gasteiger partial charge on any atom is 0.410 e. The summed E-state index contributed by atoms with van der Waals surface area (Å²) in [6, 6.07) is 5.77. The molecule has 112 valence electrons. The van der Waals surface area contributed by atoms with Gasteiger partial charge in [0.2, 0.25) is 5.91 Å². The van der Waals surface area contributed by atoms with E-state index in [0.717, 1.165) is 29.0 Å². The monoisotopic (exact) mass is 308 g/mol. The Bertz CT molecular complexity index is 576. The lowest BCUT2D eigenvalue weighted by Crippen LogP contribution is -2.46. The van der Waals surface area contributed by atoms with Gasteiger partial charge in [0.1, 0.15) is 6.54 Å². The Morgan fingerprint density at radius 3 is 3.00 bits per heavy atom. The molecule has 0 bridgehead atoms. The summed E-state index contributed by atoms with van der Waals surface area (Å²) in [7, 11) is 0. The molecule has 1 aromatic rings. The molecule has 0 radical (unpaired) electrons. The molecule has 5 nitrogen and oxygen atoms in total. The van der Waals surface area contributed by atoms with E-state index >= 15 is 0 Å². The van der Waals surface area contributed by atoms with Gasteiger partial charge >= 0.3 is 6.09 Å². The van der Waals surface area contributed by atoms with E-state index in [1.807, 2.05) is 18.2 Å². The second-order valence-corrected chi connectivity index (χ2v) is 5.74. The van der Waals surface area contributed by atoms with Crippen molar-refractivity contribution in [2.45, 2.75) is 19.4 Å². The molecular weight excluding hydrogens is 292 g/mol. The first-order valence-electron chi connectivity index (χ1n) is 7.11. The molecule has 1 aromatic carbocycles. The van der Waals surface area contributed by atoms with Crippen LogP contribution in [0.2, 0.25) is 5.02 Å². The van der Waals surface area contributed by atoms with Crippen molar-refractivity contribution in [1.82, 2.24) is 9.80 Å². The number of fused-ring (bicyclic) bond motifs is 1. The first-order valence-corrected chi connectivity index (χ1v) is 7.48. The van der Waals surface area contributed by atoms with Crippen molar-refractivity contribution in [2.24, 2.45) is 0 Å². The molecule has 2 heterocycles. The van der Waals surface area contributed by atoms with Gasteiger partial charge in [0.05, 0.1) is 6.61 Å². The number of cyclic esters (lactones) is 1. The van der Waals surface area contributed by atoms with Gasteiger partial charge in [-0.15, -0.1) is 0 Å². The molecule has 1 saturated heterocycles. The highest BCUT2D eigenvalue weighted by molar-refractivity contribution is 6.31. The molecule has 0 atom stereocenters. The Labute approximate surface area is 128 Å². The van der Waals surface area contributed by atoms with Crippen LogP contribution >= 0.6 is 11.6 Å². The van der Waals surface area contributed by atoms with E-state index in [1.165, 1.54) is 4.90 Å². The Morgan fingerprint density at radius 1 is 1.33 bits per heavy atom. The maximum atomic E-state index is 12.4. The fraction of sp³-hybridized carbons (Fsp3) is 0.467. The normalized spacial score (nSPS) is 18.2. The number of ether oxygens (including phenoxy) is 1. The first kappa shape index (κ1) is 14.2. The average Bonchev–Trinajstić information content (AvgIpc) is 2.49. The van der Waals surface area contributed by atoms with Gasteiger partial charge in [-0.25, -0.2) is 4.79 Å². The number of halogens is 1. The van der Waals surface area contributed by atoms with E-state index < -0.39 is 6.09 Å². The quantitative estimate of drug-likeness (QED) is 0.840. The largest absolute Gasteiger partial charge is 0.449 e. The van der Waals surface area contributed by atoms with Crippen molar-refractivity contribution in [3.63, 3.8) is 0 Å². The van der Waals surface area contributed by atoms with E-state index in [0.29, 0.717) is 26.2 Å². The summed E-state index contributed by atoms with van der Waals surface area (Å²) in [4.78, 5) is 27.2. The van der Waals surface area contributed by atoms with Gasteiger partial charge in [0.25, 0.3) is 0 Å². The predicted octanol–water partition coefficient (Wildman–Crippen LogP) is 2.07. The van der Waals surface area contributed by atoms with Crippen LogP contribution in [-0.2, 0) is 22.5 Å². The molecule has 6 heteroatoms. The number of carbonyl (C=O) groups is 2. The van der Waals surface area contributed by atoms with Crippen LogP contribution in [-0.4, -0.2) is 48.0 Å². The molecule has 0 unspecified atom stereocenters. The highest BCUT2D eigenvalue weighted by atomic mass is 35.5. The zero-order valence-electron chi connectivity index (χ0n) is 11.7. The van der Waals surface area contributed by atoms with Gasteiger partial charge in [0.15, 0.2) is 0 Å². The van der Waals surface area contributed by atoms with E-state index in [4.69, 9.17) is 16.3 Å². The van der Waals surface area contributed by atoms with E-state index in [-0.39, 0.29) is 12.5 Å². The Kier molecular flexibility index (Phi) is 4.01. The third kappa shape index (κ3) is 2.97. The second kappa shape index (κ2) is 5.93. The van der Waals surface area contributed by atoms with Crippen LogP contribution in [0.15, 0.2) is 18.2 Å². The number of nitrogens with zero attached hydrogens (tertiary/aromatic N) is 2. The van der Waals surface area contributed by atoms with Crippen LogP contribution < -0.4 is 0 Å². The van der Waals surface area contributed by atoms with Gasteiger partial charge in [-0.05, 0) is 30.0 Å². The summed E-state index contributed by atoms with van der Waals surface area (Å²) in [6.45, 7) is 2.31. The van der Waals surface area contributed by atoms with E-state index in [9.17, 15) is 9.59 Å². The smallest absolute Gasteiger partial charge is 0.410 e. The molecule has 2 aliphatic rings. The molecule has 3 rings (SSSR count). The van der Waals surface area contributed by atoms with Crippen LogP contribution in [0.4, 0.5) is 4.79 Å². The SMILES string of the molecule is O=C(CN1CCCOC1=O)N1CCc2c(Cl)cccc2C1. The highest BCUT2D eigenvalue weighted by Crippen LogP contribution is 2.26. The Balaban J connectivity index is 1.65.